The average molecular weight is 474 g/mol. The van der Waals surface area contributed by atoms with E-state index in [1.165, 1.54) is 25.3 Å². The van der Waals surface area contributed by atoms with E-state index in [0.29, 0.717) is 31.7 Å². The first-order chi connectivity index (χ1) is 15.4. The van der Waals surface area contributed by atoms with Gasteiger partial charge in [-0.25, -0.2) is 4.79 Å². The second kappa shape index (κ2) is 10.9. The molecule has 2 aromatic rings. The van der Waals surface area contributed by atoms with Crippen LogP contribution in [0.3, 0.4) is 0 Å². The molecule has 1 heterocycles. The van der Waals surface area contributed by atoms with Crippen LogP contribution >= 0.6 is 23.2 Å². The number of para-hydroxylation sites is 1. The van der Waals surface area contributed by atoms with Gasteiger partial charge in [-0.2, -0.15) is 5.26 Å². The van der Waals surface area contributed by atoms with Crippen LogP contribution in [-0.2, 0) is 14.3 Å². The van der Waals surface area contributed by atoms with Gasteiger partial charge in [-0.15, -0.1) is 0 Å². The quantitative estimate of drug-likeness (QED) is 0.360. The molecule has 0 bridgehead atoms. The van der Waals surface area contributed by atoms with Crippen LogP contribution in [0.25, 0.3) is 6.08 Å². The van der Waals surface area contributed by atoms with Gasteiger partial charge in [-0.1, -0.05) is 41.4 Å². The molecule has 0 aliphatic carbocycles. The van der Waals surface area contributed by atoms with E-state index in [2.05, 4.69) is 9.64 Å². The van der Waals surface area contributed by atoms with Crippen molar-refractivity contribution in [2.45, 2.75) is 0 Å². The molecule has 0 N–H and O–H groups in total. The lowest BCUT2D eigenvalue weighted by Crippen LogP contribution is -2.49. The summed E-state index contributed by atoms with van der Waals surface area (Å²) < 4.78 is 9.81. The number of hydrogen-bond donors (Lipinski definition) is 0. The van der Waals surface area contributed by atoms with E-state index in [1.807, 2.05) is 36.4 Å². The van der Waals surface area contributed by atoms with E-state index in [9.17, 15) is 14.9 Å². The van der Waals surface area contributed by atoms with Crippen molar-refractivity contribution in [1.82, 2.24) is 4.90 Å². The van der Waals surface area contributed by atoms with Gasteiger partial charge in [-0.05, 0) is 35.9 Å². The van der Waals surface area contributed by atoms with Gasteiger partial charge >= 0.3 is 5.97 Å². The predicted octanol–water partition coefficient (Wildman–Crippen LogP) is 3.80. The molecule has 1 aliphatic rings. The second-order valence-electron chi connectivity index (χ2n) is 6.96. The first-order valence-electron chi connectivity index (χ1n) is 9.82. The number of halogens is 2. The first kappa shape index (κ1) is 23.5. The second-order valence-corrected chi connectivity index (χ2v) is 7.78. The summed E-state index contributed by atoms with van der Waals surface area (Å²) in [6, 6.07) is 15.0. The van der Waals surface area contributed by atoms with E-state index >= 15 is 0 Å². The van der Waals surface area contributed by atoms with E-state index in [1.54, 1.807) is 4.90 Å². The number of carbonyl (C=O) groups is 2. The van der Waals surface area contributed by atoms with Crippen molar-refractivity contribution >= 4 is 46.8 Å². The summed E-state index contributed by atoms with van der Waals surface area (Å²) in [5, 5.41) is 9.86. The number of piperazine rings is 1. The molecule has 1 fully saturated rings. The molecule has 3 rings (SSSR count). The van der Waals surface area contributed by atoms with Gasteiger partial charge in [0.15, 0.2) is 12.4 Å². The number of benzene rings is 2. The summed E-state index contributed by atoms with van der Waals surface area (Å²) in [5.74, 6) is -0.804. The summed E-state index contributed by atoms with van der Waals surface area (Å²) in [4.78, 5) is 28.0. The third-order valence-corrected chi connectivity index (χ3v) is 5.49. The Morgan fingerprint density at radius 3 is 2.28 bits per heavy atom. The standard InChI is InChI=1S/C23H21Cl2N3O4/c1-31-21(29)15-32-22-19(24)12-16(13-20(22)25)11-17(14-26)23(30)28-9-7-27(8-10-28)18-5-3-2-4-6-18/h2-6,11-13H,7-10,15H2,1H3/b17-11-. The molecule has 1 amide bonds. The maximum Gasteiger partial charge on any atom is 0.343 e. The van der Waals surface area contributed by atoms with Crippen LogP contribution < -0.4 is 9.64 Å². The minimum atomic E-state index is -0.578. The highest BCUT2D eigenvalue weighted by Gasteiger charge is 2.24. The predicted molar refractivity (Wildman–Crippen MR) is 123 cm³/mol. The van der Waals surface area contributed by atoms with Crippen LogP contribution in [0, 0.1) is 11.3 Å². The van der Waals surface area contributed by atoms with E-state index < -0.39 is 5.97 Å². The lowest BCUT2D eigenvalue weighted by atomic mass is 10.1. The van der Waals surface area contributed by atoms with Crippen molar-refractivity contribution in [2.75, 3.05) is 44.8 Å². The van der Waals surface area contributed by atoms with Gasteiger partial charge in [0.05, 0.1) is 17.2 Å². The zero-order valence-electron chi connectivity index (χ0n) is 17.4. The monoisotopic (exact) mass is 473 g/mol. The number of nitrogens with zero attached hydrogens (tertiary/aromatic N) is 3. The van der Waals surface area contributed by atoms with E-state index in [-0.39, 0.29) is 33.9 Å². The van der Waals surface area contributed by atoms with Crippen molar-refractivity contribution in [3.8, 4) is 11.8 Å². The topological polar surface area (TPSA) is 82.9 Å². The van der Waals surface area contributed by atoms with Gasteiger partial charge in [0.2, 0.25) is 0 Å². The van der Waals surface area contributed by atoms with Crippen molar-refractivity contribution in [1.29, 1.82) is 5.26 Å². The van der Waals surface area contributed by atoms with Crippen LogP contribution in [0.5, 0.6) is 5.75 Å². The molecule has 0 saturated carbocycles. The SMILES string of the molecule is COC(=O)COc1c(Cl)cc(/C=C(/C#N)C(=O)N2CCN(c3ccccc3)CC2)cc1Cl. The number of esters is 1. The Morgan fingerprint density at radius 1 is 1.09 bits per heavy atom. The highest BCUT2D eigenvalue weighted by Crippen LogP contribution is 2.35. The van der Waals surface area contributed by atoms with Gasteiger partial charge in [0.25, 0.3) is 5.91 Å². The molecule has 1 aliphatic heterocycles. The first-order valence-corrected chi connectivity index (χ1v) is 10.6. The molecule has 2 aromatic carbocycles. The Bertz CT molecular complexity index is 1040. The molecule has 0 radical (unpaired) electrons. The number of carbonyl (C=O) groups excluding carboxylic acids is 2. The number of nitriles is 1. The lowest BCUT2D eigenvalue weighted by Gasteiger charge is -2.36. The van der Waals surface area contributed by atoms with E-state index in [0.717, 1.165) is 5.69 Å². The lowest BCUT2D eigenvalue weighted by molar-refractivity contribution is -0.142. The molecular formula is C23H21Cl2N3O4. The Balaban J connectivity index is 1.70. The highest BCUT2D eigenvalue weighted by molar-refractivity contribution is 6.37. The Hall–Kier alpha value is -3.21. The molecule has 7 nitrogen and oxygen atoms in total. The van der Waals surface area contributed by atoms with Crippen molar-refractivity contribution < 1.29 is 19.1 Å². The summed E-state index contributed by atoms with van der Waals surface area (Å²) >= 11 is 12.4. The number of methoxy groups -OCH3 is 1. The zero-order chi connectivity index (χ0) is 23.1. The van der Waals surface area contributed by atoms with Crippen molar-refractivity contribution in [3.05, 3.63) is 63.6 Å². The fourth-order valence-electron chi connectivity index (χ4n) is 3.28. The molecule has 0 aromatic heterocycles. The molecular weight excluding hydrogens is 453 g/mol. The van der Waals surface area contributed by atoms with Gasteiger partial charge < -0.3 is 19.3 Å². The largest absolute Gasteiger partial charge is 0.479 e. The number of anilines is 1. The van der Waals surface area contributed by atoms with Gasteiger partial charge in [0.1, 0.15) is 11.6 Å². The van der Waals surface area contributed by atoms with Crippen LogP contribution in [0.15, 0.2) is 48.0 Å². The highest BCUT2D eigenvalue weighted by atomic mass is 35.5. The fourth-order valence-corrected chi connectivity index (χ4v) is 3.89. The van der Waals surface area contributed by atoms with Crippen LogP contribution in [-0.4, -0.2) is 56.7 Å². The minimum Gasteiger partial charge on any atom is -0.479 e. The normalized spacial score (nSPS) is 14.0. The molecule has 0 unspecified atom stereocenters. The number of ether oxygens (including phenoxy) is 2. The van der Waals surface area contributed by atoms with Gasteiger partial charge in [0, 0.05) is 31.9 Å². The maximum absolute atomic E-state index is 12.9. The number of hydrogen-bond acceptors (Lipinski definition) is 6. The molecule has 0 spiro atoms. The summed E-state index contributed by atoms with van der Waals surface area (Å²) in [6.45, 7) is 2.03. The number of rotatable bonds is 6. The van der Waals surface area contributed by atoms with E-state index in [4.69, 9.17) is 27.9 Å². The molecule has 0 atom stereocenters. The smallest absolute Gasteiger partial charge is 0.343 e. The zero-order valence-corrected chi connectivity index (χ0v) is 18.9. The van der Waals surface area contributed by atoms with Crippen molar-refractivity contribution in [3.63, 3.8) is 0 Å². The Kier molecular flexibility index (Phi) is 7.98. The third kappa shape index (κ3) is 5.72. The molecule has 9 heteroatoms. The molecule has 166 valence electrons. The maximum atomic E-state index is 12.9. The minimum absolute atomic E-state index is 0.0199. The summed E-state index contributed by atoms with van der Waals surface area (Å²) in [5.41, 5.74) is 1.56. The molecule has 1 saturated heterocycles. The average Bonchev–Trinajstić information content (AvgIpc) is 2.82. The Morgan fingerprint density at radius 2 is 1.72 bits per heavy atom. The molecule has 32 heavy (non-hydrogen) atoms. The van der Waals surface area contributed by atoms with Crippen LogP contribution in [0.4, 0.5) is 5.69 Å². The fraction of sp³-hybridized carbons (Fsp3) is 0.261. The van der Waals surface area contributed by atoms with Crippen LogP contribution in [0.2, 0.25) is 10.0 Å². The van der Waals surface area contributed by atoms with Gasteiger partial charge in [-0.3, -0.25) is 4.79 Å². The van der Waals surface area contributed by atoms with Crippen LogP contribution in [0.1, 0.15) is 5.56 Å². The third-order valence-electron chi connectivity index (χ3n) is 4.93. The number of amides is 1. The Labute approximate surface area is 196 Å². The summed E-state index contributed by atoms with van der Waals surface area (Å²) in [7, 11) is 1.24. The summed E-state index contributed by atoms with van der Waals surface area (Å²) in [6.07, 6.45) is 1.44. The van der Waals surface area contributed by atoms with Crippen molar-refractivity contribution in [2.24, 2.45) is 0 Å².